The second-order valence-electron chi connectivity index (χ2n) is 4.95. The monoisotopic (exact) mass is 360 g/mol. The molecule has 24 heavy (non-hydrogen) atoms. The van der Waals surface area contributed by atoms with Gasteiger partial charge in [0.25, 0.3) is 0 Å². The minimum Gasteiger partial charge on any atom is -0.356 e. The fourth-order valence-electron chi connectivity index (χ4n) is 1.95. The van der Waals surface area contributed by atoms with Crippen molar-refractivity contribution in [3.8, 4) is 0 Å². The Morgan fingerprint density at radius 3 is 2.75 bits per heavy atom. The van der Waals surface area contributed by atoms with E-state index < -0.39 is 11.9 Å². The van der Waals surface area contributed by atoms with Gasteiger partial charge in [-0.2, -0.15) is 13.2 Å². The van der Waals surface area contributed by atoms with Crippen LogP contribution in [0.1, 0.15) is 17.1 Å². The number of rotatable bonds is 7. The molecule has 0 aromatic carbocycles. The molecule has 0 aliphatic heterocycles. The molecule has 0 bridgehead atoms. The lowest BCUT2D eigenvalue weighted by Gasteiger charge is -2.11. The van der Waals surface area contributed by atoms with Crippen LogP contribution in [0, 0.1) is 0 Å². The first-order chi connectivity index (χ1) is 11.5. The first-order valence-electron chi connectivity index (χ1n) is 7.41. The zero-order valence-electron chi connectivity index (χ0n) is 13.2. The molecule has 0 fully saturated rings. The number of imidazole rings is 1. The molecule has 0 aliphatic carbocycles. The number of hydrogen-bond acceptors (Lipinski definition) is 4. The lowest BCUT2D eigenvalue weighted by Crippen LogP contribution is -2.38. The van der Waals surface area contributed by atoms with Crippen LogP contribution in [0.2, 0.25) is 0 Å². The van der Waals surface area contributed by atoms with E-state index in [2.05, 4.69) is 25.6 Å². The van der Waals surface area contributed by atoms with Gasteiger partial charge in [-0.25, -0.2) is 9.97 Å². The first kappa shape index (κ1) is 18.2. The normalized spacial score (nSPS) is 12.4. The van der Waals surface area contributed by atoms with E-state index in [-0.39, 0.29) is 0 Å². The zero-order chi connectivity index (χ0) is 17.4. The number of alkyl halides is 3. The maximum absolute atomic E-state index is 12.5. The van der Waals surface area contributed by atoms with Crippen LogP contribution >= 0.6 is 11.3 Å². The minimum absolute atomic E-state index is 0.413. The number of halogens is 3. The molecular formula is C14H19F3N6S. The van der Waals surface area contributed by atoms with Gasteiger partial charge in [-0.3, -0.25) is 4.99 Å². The molecule has 2 aromatic heterocycles. The summed E-state index contributed by atoms with van der Waals surface area (Å²) in [7, 11) is 1.65. The summed E-state index contributed by atoms with van der Waals surface area (Å²) in [5.74, 6) is 0.619. The fourth-order valence-corrected chi connectivity index (χ4v) is 2.76. The zero-order valence-corrected chi connectivity index (χ0v) is 14.0. The van der Waals surface area contributed by atoms with Crippen molar-refractivity contribution in [1.29, 1.82) is 0 Å². The Labute approximate surface area is 141 Å². The summed E-state index contributed by atoms with van der Waals surface area (Å²) < 4.78 is 39.4. The summed E-state index contributed by atoms with van der Waals surface area (Å²) in [6, 6.07) is 0. The third-order valence-corrected chi connectivity index (χ3v) is 4.05. The number of thiazole rings is 1. The Bertz CT molecular complexity index is 635. The fraction of sp³-hybridized carbons (Fsp3) is 0.500. The van der Waals surface area contributed by atoms with Crippen molar-refractivity contribution in [2.45, 2.75) is 25.6 Å². The SMILES string of the molecule is CN=C(NCCCn1ccnc1)NCCc1nc(C(F)(F)F)cs1. The predicted octanol–water partition coefficient (Wildman–Crippen LogP) is 2.16. The van der Waals surface area contributed by atoms with Crippen LogP contribution in [-0.4, -0.2) is 40.6 Å². The van der Waals surface area contributed by atoms with E-state index in [4.69, 9.17) is 0 Å². The van der Waals surface area contributed by atoms with E-state index in [1.54, 1.807) is 19.6 Å². The molecule has 0 radical (unpaired) electrons. The molecule has 10 heteroatoms. The number of aliphatic imine (C=N–C) groups is 1. The quantitative estimate of drug-likeness (QED) is 0.451. The molecule has 0 unspecified atom stereocenters. The van der Waals surface area contributed by atoms with Gasteiger partial charge in [-0.05, 0) is 6.42 Å². The van der Waals surface area contributed by atoms with Crippen molar-refractivity contribution in [2.24, 2.45) is 4.99 Å². The Hall–Kier alpha value is -2.10. The Morgan fingerprint density at radius 2 is 2.12 bits per heavy atom. The molecule has 0 atom stereocenters. The Balaban J connectivity index is 1.65. The average Bonchev–Trinajstić information content (AvgIpc) is 3.20. The highest BCUT2D eigenvalue weighted by Gasteiger charge is 2.33. The molecular weight excluding hydrogens is 341 g/mol. The molecule has 2 heterocycles. The van der Waals surface area contributed by atoms with E-state index in [1.165, 1.54) is 0 Å². The highest BCUT2D eigenvalue weighted by atomic mass is 32.1. The van der Waals surface area contributed by atoms with Gasteiger partial charge in [0, 0.05) is 50.9 Å². The van der Waals surface area contributed by atoms with Gasteiger partial charge in [0.05, 0.1) is 11.3 Å². The van der Waals surface area contributed by atoms with Gasteiger partial charge in [-0.15, -0.1) is 11.3 Å². The van der Waals surface area contributed by atoms with E-state index in [9.17, 15) is 13.2 Å². The maximum Gasteiger partial charge on any atom is 0.434 e. The molecule has 0 saturated heterocycles. The van der Waals surface area contributed by atoms with Gasteiger partial charge in [-0.1, -0.05) is 0 Å². The van der Waals surface area contributed by atoms with Crippen LogP contribution < -0.4 is 10.6 Å². The minimum atomic E-state index is -4.38. The number of nitrogens with one attached hydrogen (secondary N) is 2. The van der Waals surface area contributed by atoms with Crippen molar-refractivity contribution >= 4 is 17.3 Å². The number of nitrogens with zero attached hydrogens (tertiary/aromatic N) is 4. The van der Waals surface area contributed by atoms with Crippen LogP contribution in [-0.2, 0) is 19.1 Å². The number of aromatic nitrogens is 3. The number of aryl methyl sites for hydroxylation is 1. The highest BCUT2D eigenvalue weighted by Crippen LogP contribution is 2.29. The van der Waals surface area contributed by atoms with Crippen LogP contribution in [0.25, 0.3) is 0 Å². The predicted molar refractivity (Wildman–Crippen MR) is 87.0 cm³/mol. The molecule has 0 saturated carbocycles. The van der Waals surface area contributed by atoms with Crippen molar-refractivity contribution < 1.29 is 13.2 Å². The van der Waals surface area contributed by atoms with E-state index in [0.717, 1.165) is 36.2 Å². The molecule has 0 spiro atoms. The smallest absolute Gasteiger partial charge is 0.356 e. The van der Waals surface area contributed by atoms with Gasteiger partial charge in [0.15, 0.2) is 11.7 Å². The van der Waals surface area contributed by atoms with Crippen molar-refractivity contribution in [3.63, 3.8) is 0 Å². The van der Waals surface area contributed by atoms with Crippen LogP contribution in [0.3, 0.4) is 0 Å². The van der Waals surface area contributed by atoms with Crippen molar-refractivity contribution in [1.82, 2.24) is 25.2 Å². The molecule has 2 N–H and O–H groups in total. The second-order valence-corrected chi connectivity index (χ2v) is 5.90. The van der Waals surface area contributed by atoms with Crippen LogP contribution in [0.15, 0.2) is 29.1 Å². The number of guanidine groups is 1. The third kappa shape index (κ3) is 5.84. The van der Waals surface area contributed by atoms with Gasteiger partial charge < -0.3 is 15.2 Å². The van der Waals surface area contributed by atoms with Gasteiger partial charge >= 0.3 is 6.18 Å². The molecule has 0 aliphatic rings. The summed E-state index contributed by atoms with van der Waals surface area (Å²) in [6.45, 7) is 2.04. The summed E-state index contributed by atoms with van der Waals surface area (Å²) in [4.78, 5) is 11.6. The van der Waals surface area contributed by atoms with E-state index in [0.29, 0.717) is 23.9 Å². The standard InChI is InChI=1S/C14H19F3N6S/c1-18-13(20-4-2-7-23-8-6-19-10-23)21-5-3-12-22-11(9-24-12)14(15,16)17/h6,8-10H,2-5,7H2,1H3,(H2,18,20,21). The second kappa shape index (κ2) is 8.67. The van der Waals surface area contributed by atoms with Crippen LogP contribution in [0.4, 0.5) is 13.2 Å². The lowest BCUT2D eigenvalue weighted by atomic mass is 10.4. The summed E-state index contributed by atoms with van der Waals surface area (Å²) in [6.07, 6.45) is 2.33. The largest absolute Gasteiger partial charge is 0.434 e. The molecule has 6 nitrogen and oxygen atoms in total. The summed E-state index contributed by atoms with van der Waals surface area (Å²) >= 11 is 1.02. The first-order valence-corrected chi connectivity index (χ1v) is 8.29. The Morgan fingerprint density at radius 1 is 1.33 bits per heavy atom. The average molecular weight is 360 g/mol. The summed E-state index contributed by atoms with van der Waals surface area (Å²) in [5, 5.41) is 7.71. The van der Waals surface area contributed by atoms with Gasteiger partial charge in [0.1, 0.15) is 0 Å². The van der Waals surface area contributed by atoms with Crippen LogP contribution in [0.5, 0.6) is 0 Å². The summed E-state index contributed by atoms with van der Waals surface area (Å²) in [5.41, 5.74) is -0.829. The Kier molecular flexibility index (Phi) is 6.59. The third-order valence-electron chi connectivity index (χ3n) is 3.14. The number of hydrogen-bond donors (Lipinski definition) is 2. The van der Waals surface area contributed by atoms with Gasteiger partial charge in [0.2, 0.25) is 0 Å². The highest BCUT2D eigenvalue weighted by molar-refractivity contribution is 7.09. The maximum atomic E-state index is 12.5. The molecule has 2 rings (SSSR count). The van der Waals surface area contributed by atoms with Crippen molar-refractivity contribution in [2.75, 3.05) is 20.1 Å². The topological polar surface area (TPSA) is 67.1 Å². The molecule has 0 amide bonds. The van der Waals surface area contributed by atoms with E-state index in [1.807, 2.05) is 10.8 Å². The lowest BCUT2D eigenvalue weighted by molar-refractivity contribution is -0.140. The van der Waals surface area contributed by atoms with Crippen molar-refractivity contribution in [3.05, 3.63) is 34.8 Å². The van der Waals surface area contributed by atoms with E-state index >= 15 is 0 Å². The molecule has 2 aromatic rings. The molecule has 132 valence electrons.